The predicted molar refractivity (Wildman–Crippen MR) is 85.4 cm³/mol. The minimum atomic E-state index is -0.932. The molecule has 0 saturated carbocycles. The number of nitrogens with zero attached hydrogens (tertiary/aromatic N) is 1. The Labute approximate surface area is 130 Å². The Balaban J connectivity index is 2.44. The number of nitrogens with one attached hydrogen (secondary N) is 1. The number of pyridine rings is 1. The second-order valence-electron chi connectivity index (χ2n) is 7.40. The summed E-state index contributed by atoms with van der Waals surface area (Å²) in [6, 6.07) is 1.90. The Morgan fingerprint density at radius 2 is 2.05 bits per heavy atom. The molecule has 22 heavy (non-hydrogen) atoms. The molecule has 1 aromatic rings. The van der Waals surface area contributed by atoms with Gasteiger partial charge in [-0.15, -0.1) is 0 Å². The van der Waals surface area contributed by atoms with Crippen molar-refractivity contribution in [1.29, 1.82) is 0 Å². The fourth-order valence-corrected chi connectivity index (χ4v) is 2.45. The lowest BCUT2D eigenvalue weighted by molar-refractivity contribution is -0.133. The maximum Gasteiger partial charge on any atom is 0.332 e. The molecule has 0 saturated heterocycles. The minimum absolute atomic E-state index is 0.0447. The van der Waals surface area contributed by atoms with Gasteiger partial charge in [0.1, 0.15) is 5.82 Å². The van der Waals surface area contributed by atoms with E-state index >= 15 is 0 Å². The van der Waals surface area contributed by atoms with Gasteiger partial charge in [0.25, 0.3) is 0 Å². The maximum atomic E-state index is 11.9. The number of carbonyl (C=O) groups is 2. The topological polar surface area (TPSA) is 79.3 Å². The van der Waals surface area contributed by atoms with E-state index in [1.807, 2.05) is 40.7 Å². The van der Waals surface area contributed by atoms with Crippen LogP contribution in [0.3, 0.4) is 0 Å². The molecule has 0 atom stereocenters. The lowest BCUT2D eigenvalue weighted by Gasteiger charge is -2.29. The largest absolute Gasteiger partial charge is 0.478 e. The molecule has 0 radical (unpaired) electrons. The van der Waals surface area contributed by atoms with E-state index in [9.17, 15) is 14.7 Å². The van der Waals surface area contributed by atoms with Crippen molar-refractivity contribution in [2.75, 3.05) is 5.32 Å². The molecular formula is C17H22N2O3. The van der Waals surface area contributed by atoms with Crippen molar-refractivity contribution in [2.24, 2.45) is 10.8 Å². The van der Waals surface area contributed by atoms with E-state index in [1.165, 1.54) is 0 Å². The molecule has 2 heterocycles. The van der Waals surface area contributed by atoms with Gasteiger partial charge in [0.2, 0.25) is 5.91 Å². The van der Waals surface area contributed by atoms with Crippen LogP contribution in [0.4, 0.5) is 5.82 Å². The van der Waals surface area contributed by atoms with Gasteiger partial charge in [-0.05, 0) is 35.1 Å². The van der Waals surface area contributed by atoms with Crippen LogP contribution < -0.4 is 5.32 Å². The fraction of sp³-hybridized carbons (Fsp3) is 0.471. The van der Waals surface area contributed by atoms with Crippen molar-refractivity contribution in [3.05, 3.63) is 29.0 Å². The van der Waals surface area contributed by atoms with Crippen molar-refractivity contribution >= 4 is 23.8 Å². The molecule has 0 fully saturated rings. The van der Waals surface area contributed by atoms with E-state index in [0.29, 0.717) is 17.8 Å². The van der Waals surface area contributed by atoms with Crippen LogP contribution in [0, 0.1) is 10.8 Å². The first-order valence-electron chi connectivity index (χ1n) is 7.26. The number of fused-ring (bicyclic) bond motifs is 1. The lowest BCUT2D eigenvalue weighted by Crippen LogP contribution is -2.37. The molecule has 0 spiro atoms. The summed E-state index contributed by atoms with van der Waals surface area (Å²) in [6.07, 6.45) is 3.83. The smallest absolute Gasteiger partial charge is 0.332 e. The van der Waals surface area contributed by atoms with Gasteiger partial charge in [0.05, 0.1) is 0 Å². The van der Waals surface area contributed by atoms with Crippen molar-refractivity contribution in [3.8, 4) is 0 Å². The summed E-state index contributed by atoms with van der Waals surface area (Å²) in [5, 5.41) is 12.2. The van der Waals surface area contributed by atoms with Crippen molar-refractivity contribution in [2.45, 2.75) is 41.0 Å². The van der Waals surface area contributed by atoms with Crippen molar-refractivity contribution in [1.82, 2.24) is 4.98 Å². The first-order valence-corrected chi connectivity index (χ1v) is 7.26. The quantitative estimate of drug-likeness (QED) is 0.823. The van der Waals surface area contributed by atoms with Gasteiger partial charge >= 0.3 is 5.97 Å². The van der Waals surface area contributed by atoms with E-state index in [0.717, 1.165) is 11.1 Å². The van der Waals surface area contributed by atoms with Gasteiger partial charge in [-0.25, -0.2) is 9.78 Å². The van der Waals surface area contributed by atoms with Crippen molar-refractivity contribution < 1.29 is 14.7 Å². The monoisotopic (exact) mass is 302 g/mol. The zero-order valence-electron chi connectivity index (χ0n) is 13.7. The van der Waals surface area contributed by atoms with Crippen LogP contribution in [0.2, 0.25) is 0 Å². The summed E-state index contributed by atoms with van der Waals surface area (Å²) in [6.45, 7) is 9.35. The number of aliphatic carboxylic acids is 1. The lowest BCUT2D eigenvalue weighted by atomic mass is 9.81. The highest BCUT2D eigenvalue weighted by Crippen LogP contribution is 2.33. The van der Waals surface area contributed by atoms with Gasteiger partial charge < -0.3 is 10.4 Å². The third-order valence-electron chi connectivity index (χ3n) is 3.82. The standard InChI is InChI=1S/C17H22N2O3/c1-16(2,3)12(14(20)21)7-10-6-11-8-17(4,5)15(22)19-13(11)18-9-10/h6-7,9H,8H2,1-5H3,(H,20,21)(H,18,19,22). The summed E-state index contributed by atoms with van der Waals surface area (Å²) in [5.41, 5.74) is 1.04. The van der Waals surface area contributed by atoms with Gasteiger partial charge in [-0.1, -0.05) is 34.6 Å². The first kappa shape index (κ1) is 16.2. The second-order valence-corrected chi connectivity index (χ2v) is 7.40. The van der Waals surface area contributed by atoms with Gasteiger partial charge in [-0.3, -0.25) is 4.79 Å². The average molecular weight is 302 g/mol. The first-order chi connectivity index (χ1) is 10.0. The molecule has 0 aromatic carbocycles. The van der Waals surface area contributed by atoms with E-state index < -0.39 is 16.8 Å². The van der Waals surface area contributed by atoms with E-state index in [-0.39, 0.29) is 5.91 Å². The number of carboxylic acid groups (broad SMARTS) is 1. The minimum Gasteiger partial charge on any atom is -0.478 e. The van der Waals surface area contributed by atoms with Gasteiger partial charge in [0, 0.05) is 17.2 Å². The Morgan fingerprint density at radius 3 is 2.59 bits per heavy atom. The molecule has 118 valence electrons. The molecule has 2 N–H and O–H groups in total. The Morgan fingerprint density at radius 1 is 1.41 bits per heavy atom. The maximum absolute atomic E-state index is 11.9. The zero-order chi connectivity index (χ0) is 16.7. The second kappa shape index (κ2) is 5.23. The molecule has 2 rings (SSSR count). The number of amides is 1. The molecule has 1 amide bonds. The summed E-state index contributed by atoms with van der Waals surface area (Å²) in [4.78, 5) is 27.6. The summed E-state index contributed by atoms with van der Waals surface area (Å²) in [7, 11) is 0. The number of carboxylic acids is 1. The van der Waals surface area contributed by atoms with Crippen LogP contribution in [0.5, 0.6) is 0 Å². The van der Waals surface area contributed by atoms with E-state index in [4.69, 9.17) is 0 Å². The van der Waals surface area contributed by atoms with Gasteiger partial charge in [-0.2, -0.15) is 0 Å². The van der Waals surface area contributed by atoms with E-state index in [2.05, 4.69) is 10.3 Å². The van der Waals surface area contributed by atoms with Crippen molar-refractivity contribution in [3.63, 3.8) is 0 Å². The highest BCUT2D eigenvalue weighted by molar-refractivity contribution is 5.97. The van der Waals surface area contributed by atoms with Crippen LogP contribution in [0.15, 0.2) is 17.8 Å². The number of anilines is 1. The van der Waals surface area contributed by atoms with Crippen LogP contribution in [0.25, 0.3) is 6.08 Å². The third kappa shape index (κ3) is 3.18. The van der Waals surface area contributed by atoms with Crippen LogP contribution in [-0.4, -0.2) is 22.0 Å². The molecule has 0 unspecified atom stereocenters. The van der Waals surface area contributed by atoms with Crippen LogP contribution >= 0.6 is 0 Å². The molecule has 1 aliphatic rings. The molecule has 5 nitrogen and oxygen atoms in total. The molecule has 1 aromatic heterocycles. The zero-order valence-corrected chi connectivity index (χ0v) is 13.7. The summed E-state index contributed by atoms with van der Waals surface area (Å²) in [5.74, 6) is -0.412. The average Bonchev–Trinajstić information content (AvgIpc) is 2.35. The Hall–Kier alpha value is -2.17. The molecule has 0 aliphatic carbocycles. The number of carbonyl (C=O) groups excluding carboxylic acids is 1. The number of aromatic nitrogens is 1. The van der Waals surface area contributed by atoms with Crippen LogP contribution in [0.1, 0.15) is 45.7 Å². The predicted octanol–water partition coefficient (Wildman–Crippen LogP) is 3.12. The molecule has 1 aliphatic heterocycles. The highest BCUT2D eigenvalue weighted by Gasteiger charge is 2.34. The number of hydrogen-bond acceptors (Lipinski definition) is 3. The summed E-state index contributed by atoms with van der Waals surface area (Å²) >= 11 is 0. The van der Waals surface area contributed by atoms with Gasteiger partial charge in [0.15, 0.2) is 0 Å². The number of hydrogen-bond donors (Lipinski definition) is 2. The normalized spacial score (nSPS) is 17.7. The summed E-state index contributed by atoms with van der Waals surface area (Å²) < 4.78 is 0. The Kier molecular flexibility index (Phi) is 3.85. The Bertz CT molecular complexity index is 667. The fourth-order valence-electron chi connectivity index (χ4n) is 2.45. The third-order valence-corrected chi connectivity index (χ3v) is 3.82. The SMILES string of the molecule is CC(C)(C)C(=Cc1cnc2c(c1)CC(C)(C)C(=O)N2)C(=O)O. The molecule has 0 bridgehead atoms. The highest BCUT2D eigenvalue weighted by atomic mass is 16.4. The molecular weight excluding hydrogens is 280 g/mol. The molecule has 5 heteroatoms. The van der Waals surface area contributed by atoms with E-state index in [1.54, 1.807) is 12.3 Å². The number of rotatable bonds is 2. The van der Waals surface area contributed by atoms with Crippen LogP contribution in [-0.2, 0) is 16.0 Å².